The van der Waals surface area contributed by atoms with Gasteiger partial charge in [0.05, 0.1) is 37.3 Å². The van der Waals surface area contributed by atoms with Crippen molar-refractivity contribution in [3.05, 3.63) is 40.6 Å². The number of rotatable bonds is 12. The number of ether oxygens (including phenoxy) is 1. The van der Waals surface area contributed by atoms with Crippen LogP contribution in [0.2, 0.25) is 0 Å². The van der Waals surface area contributed by atoms with Crippen LogP contribution >= 0.6 is 0 Å². The Kier molecular flexibility index (Phi) is 8.53. The van der Waals surface area contributed by atoms with Gasteiger partial charge in [0, 0.05) is 13.1 Å². The van der Waals surface area contributed by atoms with Crippen molar-refractivity contribution in [2.75, 3.05) is 36.0 Å². The fraction of sp³-hybridized carbons (Fsp3) is 0.476. The summed E-state index contributed by atoms with van der Waals surface area (Å²) in [7, 11) is 0. The van der Waals surface area contributed by atoms with Crippen molar-refractivity contribution in [2.45, 2.75) is 38.8 Å². The Morgan fingerprint density at radius 2 is 2.20 bits per heavy atom. The molecule has 3 N–H and O–H groups in total. The summed E-state index contributed by atoms with van der Waals surface area (Å²) < 4.78 is 10.4. The molecule has 2 amide bonds. The van der Waals surface area contributed by atoms with Crippen molar-refractivity contribution < 1.29 is 28.5 Å². The predicted octanol–water partition coefficient (Wildman–Crippen LogP) is 0.508. The first-order valence-electron chi connectivity index (χ1n) is 11.1. The fourth-order valence-electron chi connectivity index (χ4n) is 3.86. The van der Waals surface area contributed by atoms with Crippen LogP contribution in [0.5, 0.6) is 0 Å². The summed E-state index contributed by atoms with van der Waals surface area (Å²) >= 11 is 0. The van der Waals surface area contributed by atoms with Gasteiger partial charge in [0.1, 0.15) is 18.1 Å². The van der Waals surface area contributed by atoms with Crippen molar-refractivity contribution in [3.8, 4) is 0 Å². The highest BCUT2D eigenvalue weighted by molar-refractivity contribution is 5.90. The largest absolute Gasteiger partial charge is 0.467 e. The lowest BCUT2D eigenvalue weighted by Gasteiger charge is -2.27. The van der Waals surface area contributed by atoms with E-state index in [0.717, 1.165) is 0 Å². The van der Waals surface area contributed by atoms with Crippen LogP contribution in [0, 0.1) is 10.1 Å². The van der Waals surface area contributed by atoms with Crippen LogP contribution in [-0.4, -0.2) is 65.0 Å². The van der Waals surface area contributed by atoms with E-state index in [0.29, 0.717) is 25.1 Å². The summed E-state index contributed by atoms with van der Waals surface area (Å²) in [5.41, 5.74) is 4.70. The van der Waals surface area contributed by atoms with Gasteiger partial charge in [0.2, 0.25) is 23.5 Å². The first-order chi connectivity index (χ1) is 16.8. The second kappa shape index (κ2) is 11.8. The normalized spacial score (nSPS) is 15.0. The molecule has 1 aliphatic heterocycles. The van der Waals surface area contributed by atoms with Crippen molar-refractivity contribution in [2.24, 2.45) is 5.73 Å². The Bertz CT molecular complexity index is 1060. The molecule has 2 aromatic rings. The third-order valence-electron chi connectivity index (χ3n) is 5.35. The van der Waals surface area contributed by atoms with Crippen LogP contribution < -0.4 is 20.9 Å². The lowest BCUT2D eigenvalue weighted by molar-refractivity contribution is -0.383. The number of nitrogens with one attached hydrogen (secondary N) is 1. The molecule has 1 saturated heterocycles. The van der Waals surface area contributed by atoms with Crippen LogP contribution in [0.25, 0.3) is 0 Å². The number of primary amides is 1. The van der Waals surface area contributed by atoms with Crippen molar-refractivity contribution >= 4 is 35.1 Å². The van der Waals surface area contributed by atoms with Crippen LogP contribution in [0.4, 0.5) is 17.3 Å². The van der Waals surface area contributed by atoms with Gasteiger partial charge in [-0.3, -0.25) is 24.5 Å². The molecular weight excluding hydrogens is 462 g/mol. The summed E-state index contributed by atoms with van der Waals surface area (Å²) in [6.45, 7) is 2.07. The van der Waals surface area contributed by atoms with E-state index < -0.39 is 34.4 Å². The summed E-state index contributed by atoms with van der Waals surface area (Å²) in [6.07, 6.45) is 3.61. The monoisotopic (exact) mass is 489 g/mol. The number of furan rings is 1. The molecule has 0 aliphatic carbocycles. The van der Waals surface area contributed by atoms with Crippen LogP contribution in [0.1, 0.15) is 31.9 Å². The Morgan fingerprint density at radius 3 is 2.86 bits per heavy atom. The number of aromatic nitrogens is 2. The van der Waals surface area contributed by atoms with Crippen molar-refractivity contribution in [3.63, 3.8) is 0 Å². The first-order valence-corrected chi connectivity index (χ1v) is 11.1. The molecule has 188 valence electrons. The number of anilines is 2. The fourth-order valence-corrected chi connectivity index (χ4v) is 3.86. The van der Waals surface area contributed by atoms with E-state index in [1.807, 2.05) is 0 Å². The van der Waals surface area contributed by atoms with Crippen molar-refractivity contribution in [1.82, 2.24) is 15.3 Å². The van der Waals surface area contributed by atoms with E-state index in [2.05, 4.69) is 15.3 Å². The molecule has 3 rings (SSSR count). The van der Waals surface area contributed by atoms with Crippen LogP contribution in [-0.2, 0) is 25.7 Å². The number of hydrogen-bond acceptors (Lipinski definition) is 11. The lowest BCUT2D eigenvalue weighted by Crippen LogP contribution is -2.46. The number of esters is 1. The smallest absolute Gasteiger partial charge is 0.353 e. The molecule has 0 bridgehead atoms. The van der Waals surface area contributed by atoms with Gasteiger partial charge in [-0.1, -0.05) is 0 Å². The molecule has 1 aliphatic rings. The summed E-state index contributed by atoms with van der Waals surface area (Å²) in [5.74, 6) is -1.19. The van der Waals surface area contributed by atoms with Gasteiger partial charge in [0.25, 0.3) is 0 Å². The minimum Gasteiger partial charge on any atom is -0.467 e. The number of carbonyl (C=O) groups is 3. The molecular formula is C21H27N7O7. The second-order valence-corrected chi connectivity index (χ2v) is 7.72. The molecule has 14 nitrogen and oxygen atoms in total. The molecule has 1 fully saturated rings. The van der Waals surface area contributed by atoms with Crippen molar-refractivity contribution in [1.29, 1.82) is 0 Å². The standard InChI is InChI=1S/C21H27N7O7/c1-2-34-17(30)7-9-26(12-14-5-4-10-35-14)19-18(28(32)33)20(25-13-24-19)27-8-3-6-15(27)21(31)23-11-16(22)29/h4-5,10,13,15H,2-3,6-9,11-12H2,1H3,(H2,22,29)(H,23,31). The number of nitrogens with two attached hydrogens (primary N) is 1. The zero-order valence-corrected chi connectivity index (χ0v) is 19.2. The van der Waals surface area contributed by atoms with Gasteiger partial charge in [-0.2, -0.15) is 0 Å². The van der Waals surface area contributed by atoms with Gasteiger partial charge in [-0.05, 0) is 31.9 Å². The lowest BCUT2D eigenvalue weighted by atomic mass is 10.2. The van der Waals surface area contributed by atoms with E-state index >= 15 is 0 Å². The maximum atomic E-state index is 12.6. The maximum Gasteiger partial charge on any atom is 0.353 e. The molecule has 0 saturated carbocycles. The SMILES string of the molecule is CCOC(=O)CCN(Cc1ccco1)c1ncnc(N2CCCC2C(=O)NCC(N)=O)c1[N+](=O)[O-]. The molecule has 2 aromatic heterocycles. The minimum atomic E-state index is -0.770. The summed E-state index contributed by atoms with van der Waals surface area (Å²) in [6, 6.07) is 2.61. The second-order valence-electron chi connectivity index (χ2n) is 7.72. The molecule has 1 atom stereocenters. The third kappa shape index (κ3) is 6.43. The number of hydrogen-bond donors (Lipinski definition) is 2. The van der Waals surface area contributed by atoms with Gasteiger partial charge in [0.15, 0.2) is 0 Å². The number of nitro groups is 1. The number of carbonyl (C=O) groups excluding carboxylic acids is 3. The highest BCUT2D eigenvalue weighted by Gasteiger charge is 2.38. The average molecular weight is 489 g/mol. The van der Waals surface area contributed by atoms with Crippen LogP contribution in [0.3, 0.4) is 0 Å². The maximum absolute atomic E-state index is 12.6. The summed E-state index contributed by atoms with van der Waals surface area (Å²) in [5, 5.41) is 14.7. The zero-order valence-electron chi connectivity index (χ0n) is 19.2. The Balaban J connectivity index is 1.96. The van der Waals surface area contributed by atoms with E-state index in [1.165, 1.54) is 22.4 Å². The average Bonchev–Trinajstić information content (AvgIpc) is 3.52. The van der Waals surface area contributed by atoms with E-state index in [9.17, 15) is 24.5 Å². The van der Waals surface area contributed by atoms with Gasteiger partial charge >= 0.3 is 11.7 Å². The molecule has 35 heavy (non-hydrogen) atoms. The highest BCUT2D eigenvalue weighted by atomic mass is 16.6. The molecule has 0 spiro atoms. The number of nitrogens with zero attached hydrogens (tertiary/aromatic N) is 5. The highest BCUT2D eigenvalue weighted by Crippen LogP contribution is 2.38. The first kappa shape index (κ1) is 25.4. The van der Waals surface area contributed by atoms with E-state index in [4.69, 9.17) is 14.9 Å². The molecule has 14 heteroatoms. The quantitative estimate of drug-likeness (QED) is 0.240. The topological polar surface area (TPSA) is 187 Å². The molecule has 1 unspecified atom stereocenters. The molecule has 0 radical (unpaired) electrons. The Labute approximate surface area is 200 Å². The summed E-state index contributed by atoms with van der Waals surface area (Å²) in [4.78, 5) is 58.6. The predicted molar refractivity (Wildman–Crippen MR) is 122 cm³/mol. The van der Waals surface area contributed by atoms with E-state index in [1.54, 1.807) is 19.1 Å². The Hall–Kier alpha value is -4.23. The minimum absolute atomic E-state index is 0.0242. The third-order valence-corrected chi connectivity index (χ3v) is 5.35. The van der Waals surface area contributed by atoms with Gasteiger partial charge in [-0.25, -0.2) is 9.97 Å². The Morgan fingerprint density at radius 1 is 1.40 bits per heavy atom. The number of amides is 2. The van der Waals surface area contributed by atoms with Crippen LogP contribution in [0.15, 0.2) is 29.1 Å². The molecule has 0 aromatic carbocycles. The van der Waals surface area contributed by atoms with Gasteiger partial charge < -0.3 is 30.0 Å². The van der Waals surface area contributed by atoms with E-state index in [-0.39, 0.29) is 44.3 Å². The van der Waals surface area contributed by atoms with Gasteiger partial charge in [-0.15, -0.1) is 0 Å². The zero-order chi connectivity index (χ0) is 25.4. The molecule has 3 heterocycles.